The molecule has 0 unspecified atom stereocenters. The average molecular weight is 294 g/mol. The van der Waals surface area contributed by atoms with E-state index in [1.807, 2.05) is 6.92 Å². The molecule has 2 heterocycles. The summed E-state index contributed by atoms with van der Waals surface area (Å²) in [6.07, 6.45) is 2.97. The molecule has 0 aliphatic carbocycles. The highest BCUT2D eigenvalue weighted by molar-refractivity contribution is 5.94. The molecule has 1 aliphatic rings. The van der Waals surface area contributed by atoms with Gasteiger partial charge in [0.25, 0.3) is 5.91 Å². The van der Waals surface area contributed by atoms with Gasteiger partial charge in [-0.25, -0.2) is 0 Å². The summed E-state index contributed by atoms with van der Waals surface area (Å²) >= 11 is 0. The number of hydrogen-bond donors (Lipinski definition) is 2. The van der Waals surface area contributed by atoms with E-state index in [4.69, 9.17) is 4.74 Å². The van der Waals surface area contributed by atoms with E-state index in [-0.39, 0.29) is 30.7 Å². The zero-order valence-corrected chi connectivity index (χ0v) is 11.6. The topological polar surface area (TPSA) is 63.2 Å². The molecule has 0 spiro atoms. The normalized spacial score (nSPS) is 18.2. The highest BCUT2D eigenvalue weighted by Crippen LogP contribution is 2.12. The molecule has 1 saturated heterocycles. The molecule has 1 aromatic heterocycles. The Kier molecular flexibility index (Phi) is 7.86. The van der Waals surface area contributed by atoms with E-state index in [0.717, 1.165) is 17.8 Å². The maximum absolute atomic E-state index is 11.8. The Hall–Kier alpha value is -0.880. The van der Waals surface area contributed by atoms with E-state index in [0.29, 0.717) is 13.2 Å². The van der Waals surface area contributed by atoms with Crippen molar-refractivity contribution in [3.63, 3.8) is 0 Å². The summed E-state index contributed by atoms with van der Waals surface area (Å²) in [6.45, 7) is 3.85. The molecule has 2 N–H and O–H groups in total. The molecule has 0 saturated carbocycles. The maximum Gasteiger partial charge on any atom is 0.254 e. The number of aromatic nitrogens is 1. The van der Waals surface area contributed by atoms with Crippen LogP contribution in [-0.4, -0.2) is 36.7 Å². The standard InChI is InChI=1S/C11H15N3O2.2ClH/c1-8-6-12-3-2-9(8)14-11(15)10-7-13-4-5-16-10;;/h2-3,6,10,13H,4-5,7H2,1H3,(H,12,14,15);2*1H/t10-;;/m1../s1. The first kappa shape index (κ1) is 17.1. The van der Waals surface area contributed by atoms with Gasteiger partial charge in [-0.1, -0.05) is 0 Å². The molecule has 1 amide bonds. The fraction of sp³-hybridized carbons (Fsp3) is 0.455. The van der Waals surface area contributed by atoms with Gasteiger partial charge in [-0.2, -0.15) is 0 Å². The van der Waals surface area contributed by atoms with E-state index in [2.05, 4.69) is 15.6 Å². The Morgan fingerprint density at radius 1 is 1.56 bits per heavy atom. The average Bonchev–Trinajstić information content (AvgIpc) is 2.33. The maximum atomic E-state index is 11.8. The molecular weight excluding hydrogens is 277 g/mol. The van der Waals surface area contributed by atoms with Crippen molar-refractivity contribution in [2.24, 2.45) is 0 Å². The lowest BCUT2D eigenvalue weighted by molar-refractivity contribution is -0.128. The van der Waals surface area contributed by atoms with Crippen LogP contribution in [0.4, 0.5) is 5.69 Å². The Labute approximate surface area is 119 Å². The lowest BCUT2D eigenvalue weighted by Crippen LogP contribution is -2.45. The van der Waals surface area contributed by atoms with Crippen LogP contribution in [0.25, 0.3) is 0 Å². The molecular formula is C11H17Cl2N3O2. The van der Waals surface area contributed by atoms with E-state index in [1.165, 1.54) is 0 Å². The van der Waals surface area contributed by atoms with Gasteiger partial charge in [0.05, 0.1) is 6.61 Å². The molecule has 18 heavy (non-hydrogen) atoms. The summed E-state index contributed by atoms with van der Waals surface area (Å²) in [4.78, 5) is 15.8. The van der Waals surface area contributed by atoms with Crippen molar-refractivity contribution in [3.05, 3.63) is 24.0 Å². The zero-order chi connectivity index (χ0) is 11.4. The van der Waals surface area contributed by atoms with Crippen LogP contribution in [0.3, 0.4) is 0 Å². The Morgan fingerprint density at radius 3 is 2.94 bits per heavy atom. The van der Waals surface area contributed by atoms with Crippen LogP contribution in [0.2, 0.25) is 0 Å². The van der Waals surface area contributed by atoms with Crippen LogP contribution >= 0.6 is 24.8 Å². The smallest absolute Gasteiger partial charge is 0.254 e. The number of pyridine rings is 1. The summed E-state index contributed by atoms with van der Waals surface area (Å²) < 4.78 is 5.36. The third-order valence-corrected chi connectivity index (χ3v) is 2.50. The van der Waals surface area contributed by atoms with Gasteiger partial charge in [-0.15, -0.1) is 24.8 Å². The van der Waals surface area contributed by atoms with E-state index >= 15 is 0 Å². The second kappa shape index (κ2) is 8.26. The molecule has 0 aromatic carbocycles. The number of rotatable bonds is 2. The second-order valence-corrected chi connectivity index (χ2v) is 3.74. The van der Waals surface area contributed by atoms with Crippen LogP contribution in [-0.2, 0) is 9.53 Å². The molecule has 2 rings (SSSR count). The van der Waals surface area contributed by atoms with E-state index in [1.54, 1.807) is 18.5 Å². The number of carbonyl (C=O) groups is 1. The molecule has 0 radical (unpaired) electrons. The first-order valence-corrected chi connectivity index (χ1v) is 5.31. The predicted molar refractivity (Wildman–Crippen MR) is 74.7 cm³/mol. The Balaban J connectivity index is 0.00000144. The fourth-order valence-corrected chi connectivity index (χ4v) is 1.56. The van der Waals surface area contributed by atoms with E-state index < -0.39 is 6.10 Å². The first-order valence-electron chi connectivity index (χ1n) is 5.31. The van der Waals surface area contributed by atoms with Gasteiger partial charge in [-0.3, -0.25) is 9.78 Å². The third-order valence-electron chi connectivity index (χ3n) is 2.50. The van der Waals surface area contributed by atoms with Crippen molar-refractivity contribution >= 4 is 36.4 Å². The summed E-state index contributed by atoms with van der Waals surface area (Å²) in [5.41, 5.74) is 1.73. The molecule has 1 aromatic rings. The van der Waals surface area contributed by atoms with Crippen LogP contribution in [0, 0.1) is 6.92 Å². The van der Waals surface area contributed by atoms with Crippen LogP contribution in [0.15, 0.2) is 18.5 Å². The van der Waals surface area contributed by atoms with Crippen molar-refractivity contribution in [1.29, 1.82) is 0 Å². The molecule has 1 fully saturated rings. The Bertz CT molecular complexity index is 384. The number of carbonyl (C=O) groups excluding carboxylic acids is 1. The third kappa shape index (κ3) is 4.42. The molecule has 1 atom stereocenters. The largest absolute Gasteiger partial charge is 0.366 e. The van der Waals surface area contributed by atoms with Crippen molar-refractivity contribution in [2.75, 3.05) is 25.0 Å². The predicted octanol–water partition coefficient (Wildman–Crippen LogP) is 1.16. The van der Waals surface area contributed by atoms with Crippen molar-refractivity contribution in [2.45, 2.75) is 13.0 Å². The number of anilines is 1. The summed E-state index contributed by atoms with van der Waals surface area (Å²) in [7, 11) is 0. The number of ether oxygens (including phenoxy) is 1. The molecule has 102 valence electrons. The molecule has 7 heteroatoms. The Morgan fingerprint density at radius 2 is 2.33 bits per heavy atom. The molecule has 0 bridgehead atoms. The van der Waals surface area contributed by atoms with E-state index in [9.17, 15) is 4.79 Å². The second-order valence-electron chi connectivity index (χ2n) is 3.74. The van der Waals surface area contributed by atoms with Gasteiger partial charge in [-0.05, 0) is 18.6 Å². The number of halogens is 2. The summed E-state index contributed by atoms with van der Waals surface area (Å²) in [5.74, 6) is -0.110. The number of nitrogens with one attached hydrogen (secondary N) is 2. The number of hydrogen-bond acceptors (Lipinski definition) is 4. The number of morpholine rings is 1. The van der Waals surface area contributed by atoms with Gasteiger partial charge in [0.1, 0.15) is 6.10 Å². The van der Waals surface area contributed by atoms with Gasteiger partial charge in [0, 0.05) is 31.2 Å². The lowest BCUT2D eigenvalue weighted by atomic mass is 10.2. The van der Waals surface area contributed by atoms with Gasteiger partial charge in [0.15, 0.2) is 0 Å². The number of nitrogens with zero attached hydrogens (tertiary/aromatic N) is 1. The minimum Gasteiger partial charge on any atom is -0.366 e. The SMILES string of the molecule is Cc1cnccc1NC(=O)[C@H]1CNCCO1.Cl.Cl. The summed E-state index contributed by atoms with van der Waals surface area (Å²) in [6, 6.07) is 1.78. The number of amides is 1. The van der Waals surface area contributed by atoms with Gasteiger partial charge >= 0.3 is 0 Å². The number of aryl methyl sites for hydroxylation is 1. The molecule has 1 aliphatic heterocycles. The lowest BCUT2D eigenvalue weighted by Gasteiger charge is -2.22. The van der Waals surface area contributed by atoms with Gasteiger partial charge in [0.2, 0.25) is 0 Å². The van der Waals surface area contributed by atoms with Crippen LogP contribution in [0.1, 0.15) is 5.56 Å². The quantitative estimate of drug-likeness (QED) is 0.859. The van der Waals surface area contributed by atoms with Gasteiger partial charge < -0.3 is 15.4 Å². The van der Waals surface area contributed by atoms with Crippen LogP contribution < -0.4 is 10.6 Å². The highest BCUT2D eigenvalue weighted by atomic mass is 35.5. The highest BCUT2D eigenvalue weighted by Gasteiger charge is 2.21. The zero-order valence-electron chi connectivity index (χ0n) is 10.0. The summed E-state index contributed by atoms with van der Waals surface area (Å²) in [5, 5.41) is 5.95. The fourth-order valence-electron chi connectivity index (χ4n) is 1.56. The van der Waals surface area contributed by atoms with Crippen molar-refractivity contribution in [3.8, 4) is 0 Å². The van der Waals surface area contributed by atoms with Crippen molar-refractivity contribution < 1.29 is 9.53 Å². The molecule has 5 nitrogen and oxygen atoms in total. The van der Waals surface area contributed by atoms with Crippen LogP contribution in [0.5, 0.6) is 0 Å². The minimum atomic E-state index is -0.402. The monoisotopic (exact) mass is 293 g/mol. The minimum absolute atomic E-state index is 0. The first-order chi connectivity index (χ1) is 7.77. The van der Waals surface area contributed by atoms with Crippen molar-refractivity contribution in [1.82, 2.24) is 10.3 Å².